The molecule has 1 nitrogen and oxygen atoms in total. The summed E-state index contributed by atoms with van der Waals surface area (Å²) in [6, 6.07) is 8.16. The average molecular weight is 220 g/mol. The van der Waals surface area contributed by atoms with Crippen LogP contribution in [0.5, 0.6) is 0 Å². The minimum absolute atomic E-state index is 0. The van der Waals surface area contributed by atoms with Crippen molar-refractivity contribution >= 4 is 24.0 Å². The number of hydrogen-bond donors (Lipinski definition) is 1. The van der Waals surface area contributed by atoms with E-state index >= 15 is 0 Å². The standard InChI is InChI=1S/C10H14ClN.ClH/c1-8(12)6-7-9-4-2-3-5-10(9)11;/h2-5,8H,6-7,12H2,1H3;1H. The quantitative estimate of drug-likeness (QED) is 0.832. The number of nitrogens with two attached hydrogens (primary N) is 1. The Morgan fingerprint density at radius 1 is 1.38 bits per heavy atom. The first kappa shape index (κ1) is 12.8. The minimum atomic E-state index is 0. The summed E-state index contributed by atoms with van der Waals surface area (Å²) in [5, 5.41) is 0.846. The van der Waals surface area contributed by atoms with Gasteiger partial charge in [-0.1, -0.05) is 29.8 Å². The Balaban J connectivity index is 0.00000144. The molecule has 0 bridgehead atoms. The molecule has 1 atom stereocenters. The summed E-state index contributed by atoms with van der Waals surface area (Å²) in [6.45, 7) is 2.01. The molecule has 0 aliphatic carbocycles. The predicted octanol–water partition coefficient (Wildman–Crippen LogP) is 3.04. The number of hydrogen-bond acceptors (Lipinski definition) is 1. The second-order valence-corrected chi connectivity index (χ2v) is 3.51. The summed E-state index contributed by atoms with van der Waals surface area (Å²) < 4.78 is 0. The van der Waals surface area contributed by atoms with Crippen LogP contribution in [0.2, 0.25) is 5.02 Å². The van der Waals surface area contributed by atoms with Crippen molar-refractivity contribution in [2.24, 2.45) is 5.73 Å². The van der Waals surface area contributed by atoms with E-state index in [9.17, 15) is 0 Å². The summed E-state index contributed by atoms with van der Waals surface area (Å²) in [5.74, 6) is 0. The van der Waals surface area contributed by atoms with E-state index in [-0.39, 0.29) is 18.4 Å². The zero-order chi connectivity index (χ0) is 8.97. The molecule has 0 amide bonds. The van der Waals surface area contributed by atoms with Gasteiger partial charge in [-0.15, -0.1) is 12.4 Å². The first-order valence-corrected chi connectivity index (χ1v) is 4.57. The molecule has 1 rings (SSSR count). The molecule has 13 heavy (non-hydrogen) atoms. The Bertz CT molecular complexity index is 248. The third-order valence-electron chi connectivity index (χ3n) is 1.83. The van der Waals surface area contributed by atoms with Crippen molar-refractivity contribution in [1.29, 1.82) is 0 Å². The molecule has 1 aromatic rings. The van der Waals surface area contributed by atoms with Crippen molar-refractivity contribution in [2.45, 2.75) is 25.8 Å². The number of benzene rings is 1. The van der Waals surface area contributed by atoms with E-state index in [2.05, 4.69) is 0 Å². The summed E-state index contributed by atoms with van der Waals surface area (Å²) in [6.07, 6.45) is 1.96. The van der Waals surface area contributed by atoms with Crippen molar-refractivity contribution in [3.63, 3.8) is 0 Å². The Morgan fingerprint density at radius 3 is 2.54 bits per heavy atom. The fourth-order valence-corrected chi connectivity index (χ4v) is 1.31. The highest BCUT2D eigenvalue weighted by Gasteiger charge is 2.00. The molecule has 0 aromatic heterocycles. The van der Waals surface area contributed by atoms with Gasteiger partial charge in [-0.2, -0.15) is 0 Å². The topological polar surface area (TPSA) is 26.0 Å². The Morgan fingerprint density at radius 2 is 2.00 bits per heavy atom. The molecule has 0 saturated carbocycles. The Kier molecular flexibility index (Phi) is 6.13. The van der Waals surface area contributed by atoms with Crippen molar-refractivity contribution in [1.82, 2.24) is 0 Å². The summed E-state index contributed by atoms with van der Waals surface area (Å²) in [7, 11) is 0. The van der Waals surface area contributed by atoms with E-state index in [0.717, 1.165) is 17.9 Å². The normalized spacial score (nSPS) is 11.9. The lowest BCUT2D eigenvalue weighted by Crippen LogP contribution is -2.15. The van der Waals surface area contributed by atoms with Gasteiger partial charge in [0.1, 0.15) is 0 Å². The zero-order valence-electron chi connectivity index (χ0n) is 7.66. The molecule has 1 aromatic carbocycles. The fraction of sp³-hybridized carbons (Fsp3) is 0.400. The molecular weight excluding hydrogens is 205 g/mol. The maximum absolute atomic E-state index is 5.97. The molecule has 0 radical (unpaired) electrons. The monoisotopic (exact) mass is 219 g/mol. The van der Waals surface area contributed by atoms with Crippen molar-refractivity contribution in [3.05, 3.63) is 34.9 Å². The Labute approximate surface area is 90.7 Å². The first-order valence-electron chi connectivity index (χ1n) is 4.19. The van der Waals surface area contributed by atoms with Gasteiger partial charge in [-0.25, -0.2) is 0 Å². The lowest BCUT2D eigenvalue weighted by Gasteiger charge is -2.05. The maximum Gasteiger partial charge on any atom is 0.0437 e. The van der Waals surface area contributed by atoms with Gasteiger partial charge in [-0.05, 0) is 31.4 Å². The highest BCUT2D eigenvalue weighted by atomic mass is 35.5. The molecule has 0 aliphatic rings. The summed E-state index contributed by atoms with van der Waals surface area (Å²) in [4.78, 5) is 0. The number of halogens is 2. The number of rotatable bonds is 3. The first-order chi connectivity index (χ1) is 5.70. The van der Waals surface area contributed by atoms with Gasteiger partial charge in [0.25, 0.3) is 0 Å². The summed E-state index contributed by atoms with van der Waals surface area (Å²) in [5.41, 5.74) is 6.84. The highest BCUT2D eigenvalue weighted by molar-refractivity contribution is 6.31. The van der Waals surface area contributed by atoms with Gasteiger partial charge in [0.2, 0.25) is 0 Å². The SMILES string of the molecule is CC(N)CCc1ccccc1Cl.Cl. The smallest absolute Gasteiger partial charge is 0.0437 e. The van der Waals surface area contributed by atoms with Crippen molar-refractivity contribution in [2.75, 3.05) is 0 Å². The predicted molar refractivity (Wildman–Crippen MR) is 60.7 cm³/mol. The molecule has 74 valence electrons. The van der Waals surface area contributed by atoms with E-state index in [4.69, 9.17) is 17.3 Å². The molecule has 2 N–H and O–H groups in total. The lowest BCUT2D eigenvalue weighted by molar-refractivity contribution is 0.666. The average Bonchev–Trinajstić information content (AvgIpc) is 2.03. The molecular formula is C10H15Cl2N. The van der Waals surface area contributed by atoms with Gasteiger partial charge in [0.05, 0.1) is 0 Å². The molecule has 0 saturated heterocycles. The van der Waals surface area contributed by atoms with Crippen molar-refractivity contribution in [3.8, 4) is 0 Å². The number of aryl methyl sites for hydroxylation is 1. The van der Waals surface area contributed by atoms with Crippen LogP contribution in [-0.2, 0) is 6.42 Å². The van der Waals surface area contributed by atoms with Crippen LogP contribution in [-0.4, -0.2) is 6.04 Å². The lowest BCUT2D eigenvalue weighted by atomic mass is 10.1. The Hall–Kier alpha value is -0.240. The van der Waals surface area contributed by atoms with Crippen LogP contribution in [0.25, 0.3) is 0 Å². The highest BCUT2D eigenvalue weighted by Crippen LogP contribution is 2.16. The maximum atomic E-state index is 5.97. The van der Waals surface area contributed by atoms with Gasteiger partial charge in [0, 0.05) is 11.1 Å². The van der Waals surface area contributed by atoms with E-state index in [1.165, 1.54) is 5.56 Å². The molecule has 0 fully saturated rings. The van der Waals surface area contributed by atoms with Gasteiger partial charge >= 0.3 is 0 Å². The van der Waals surface area contributed by atoms with Crippen molar-refractivity contribution < 1.29 is 0 Å². The molecule has 0 aliphatic heterocycles. The fourth-order valence-electron chi connectivity index (χ4n) is 1.08. The molecule has 3 heteroatoms. The van der Waals surface area contributed by atoms with Gasteiger partial charge in [0.15, 0.2) is 0 Å². The molecule has 0 spiro atoms. The van der Waals surface area contributed by atoms with Crippen LogP contribution in [0.15, 0.2) is 24.3 Å². The third-order valence-corrected chi connectivity index (χ3v) is 2.20. The zero-order valence-corrected chi connectivity index (χ0v) is 9.24. The van der Waals surface area contributed by atoms with Gasteiger partial charge < -0.3 is 5.73 Å². The van der Waals surface area contributed by atoms with Crippen LogP contribution < -0.4 is 5.73 Å². The van der Waals surface area contributed by atoms with Crippen LogP contribution in [0.1, 0.15) is 18.9 Å². The second kappa shape index (κ2) is 6.25. The van der Waals surface area contributed by atoms with E-state index < -0.39 is 0 Å². The minimum Gasteiger partial charge on any atom is -0.328 e. The van der Waals surface area contributed by atoms with Crippen LogP contribution in [0.3, 0.4) is 0 Å². The van der Waals surface area contributed by atoms with Crippen LogP contribution >= 0.6 is 24.0 Å². The van der Waals surface area contributed by atoms with Crippen LogP contribution in [0, 0.1) is 0 Å². The largest absolute Gasteiger partial charge is 0.328 e. The van der Waals surface area contributed by atoms with E-state index in [0.29, 0.717) is 0 Å². The molecule has 1 unspecified atom stereocenters. The third kappa shape index (κ3) is 4.51. The van der Waals surface area contributed by atoms with E-state index in [1.54, 1.807) is 0 Å². The second-order valence-electron chi connectivity index (χ2n) is 3.11. The van der Waals surface area contributed by atoms with E-state index in [1.807, 2.05) is 31.2 Å². The van der Waals surface area contributed by atoms with Crippen LogP contribution in [0.4, 0.5) is 0 Å². The van der Waals surface area contributed by atoms with Gasteiger partial charge in [-0.3, -0.25) is 0 Å². The summed E-state index contributed by atoms with van der Waals surface area (Å²) >= 11 is 5.97. The molecule has 0 heterocycles.